The van der Waals surface area contributed by atoms with Crippen molar-refractivity contribution in [2.75, 3.05) is 0 Å². The largest absolute Gasteiger partial charge is 0.340 e. The fourth-order valence-corrected chi connectivity index (χ4v) is 5.16. The second kappa shape index (κ2) is 8.20. The number of aromatic nitrogens is 6. The molecule has 10 nitrogen and oxygen atoms in total. The molecule has 0 saturated carbocycles. The highest BCUT2D eigenvalue weighted by Crippen LogP contribution is 2.38. The topological polar surface area (TPSA) is 109 Å². The minimum Gasteiger partial charge on any atom is -0.340 e. The predicted octanol–water partition coefficient (Wildman–Crippen LogP) is 2.24. The molecule has 0 radical (unpaired) electrons. The zero-order chi connectivity index (χ0) is 26.9. The summed E-state index contributed by atoms with van der Waals surface area (Å²) >= 11 is 0. The highest BCUT2D eigenvalue weighted by molar-refractivity contribution is 6.04. The summed E-state index contributed by atoms with van der Waals surface area (Å²) in [5.41, 5.74) is -0.125. The Labute approximate surface area is 214 Å². The summed E-state index contributed by atoms with van der Waals surface area (Å²) in [6.45, 7) is 0. The number of fused-ring (bicyclic) bond motifs is 2. The average molecular weight is 509 g/mol. The van der Waals surface area contributed by atoms with Crippen LogP contribution in [-0.2, 0) is 28.2 Å². The van der Waals surface area contributed by atoms with Gasteiger partial charge in [-0.15, -0.1) is 0 Å². The molecule has 0 bridgehead atoms. The zero-order valence-corrected chi connectivity index (χ0v) is 21.2. The number of benzene rings is 2. The Morgan fingerprint density at radius 3 is 1.97 bits per heavy atom. The van der Waals surface area contributed by atoms with Gasteiger partial charge in [-0.2, -0.15) is 0 Å². The van der Waals surface area contributed by atoms with Crippen molar-refractivity contribution in [3.8, 4) is 28.2 Å². The Kier molecular flexibility index (Phi) is 5.03. The minimum atomic E-state index is -0.560. The number of H-pyrrole nitrogens is 1. The van der Waals surface area contributed by atoms with Gasteiger partial charge >= 0.3 is 11.4 Å². The van der Waals surface area contributed by atoms with E-state index in [1.165, 1.54) is 23.2 Å². The van der Waals surface area contributed by atoms with Gasteiger partial charge in [0.25, 0.3) is 11.1 Å². The third-order valence-electron chi connectivity index (χ3n) is 7.18. The van der Waals surface area contributed by atoms with Gasteiger partial charge < -0.3 is 9.55 Å². The summed E-state index contributed by atoms with van der Waals surface area (Å²) in [5.74, 6) is 0.307. The van der Waals surface area contributed by atoms with Gasteiger partial charge in [0.1, 0.15) is 11.5 Å². The number of nitrogens with zero attached hydrogens (tertiary/aromatic N) is 5. The molecular formula is C28H24N6O4. The van der Waals surface area contributed by atoms with E-state index in [1.54, 1.807) is 43.2 Å². The molecule has 6 aromatic rings. The van der Waals surface area contributed by atoms with Gasteiger partial charge in [0.2, 0.25) is 0 Å². The molecule has 6 rings (SSSR count). The van der Waals surface area contributed by atoms with Crippen molar-refractivity contribution in [1.82, 2.24) is 27.8 Å². The normalized spacial score (nSPS) is 11.6. The molecule has 0 aliphatic rings. The lowest BCUT2D eigenvalue weighted by Crippen LogP contribution is -2.40. The first kappa shape index (κ1) is 23.3. The van der Waals surface area contributed by atoms with E-state index in [-0.39, 0.29) is 16.6 Å². The van der Waals surface area contributed by atoms with Crippen molar-refractivity contribution < 1.29 is 0 Å². The minimum absolute atomic E-state index is 0.163. The van der Waals surface area contributed by atoms with Crippen LogP contribution >= 0.6 is 0 Å². The van der Waals surface area contributed by atoms with Crippen LogP contribution in [0.25, 0.3) is 50.0 Å². The molecule has 4 heterocycles. The fraction of sp³-hybridized carbons (Fsp3) is 0.143. The smallest absolute Gasteiger partial charge is 0.332 e. The summed E-state index contributed by atoms with van der Waals surface area (Å²) in [5, 5.41) is 2.18. The summed E-state index contributed by atoms with van der Waals surface area (Å²) < 4.78 is 6.45. The van der Waals surface area contributed by atoms with Crippen molar-refractivity contribution in [3.05, 3.63) is 109 Å². The lowest BCUT2D eigenvalue weighted by atomic mass is 9.98. The highest BCUT2D eigenvalue weighted by atomic mass is 16.2. The van der Waals surface area contributed by atoms with Gasteiger partial charge in [-0.05, 0) is 34.5 Å². The predicted molar refractivity (Wildman–Crippen MR) is 147 cm³/mol. The number of aromatic amines is 1. The SMILES string of the molecule is Cn1c(-n2cccc2)c(-c2c(-c3ccc4ccccc4c3)[nH]c3c2c(=O)n(C)c(=O)n3C)c(=O)n(C)c1=O. The van der Waals surface area contributed by atoms with E-state index in [0.717, 1.165) is 25.5 Å². The molecule has 1 N–H and O–H groups in total. The second-order valence-corrected chi connectivity index (χ2v) is 9.36. The van der Waals surface area contributed by atoms with Crippen LogP contribution in [0.1, 0.15) is 0 Å². The van der Waals surface area contributed by atoms with Gasteiger partial charge in [-0.3, -0.25) is 27.9 Å². The maximum absolute atomic E-state index is 13.9. The molecular weight excluding hydrogens is 484 g/mol. The van der Waals surface area contributed by atoms with Crippen LogP contribution in [0.4, 0.5) is 0 Å². The van der Waals surface area contributed by atoms with Crippen molar-refractivity contribution >= 4 is 21.8 Å². The number of nitrogens with one attached hydrogen (secondary N) is 1. The first-order valence-corrected chi connectivity index (χ1v) is 11.9. The van der Waals surface area contributed by atoms with E-state index in [4.69, 9.17) is 0 Å². The standard InChI is InChI=1S/C28H24N6O4/c1-30-23-20(25(35)32(3)27(30)37)19(22(29-23)18-12-11-16-9-5-6-10-17(16)15-18)21-24(34-13-7-8-14-34)31(2)28(38)33(4)26(21)36/h5-15,29H,1-4H3. The van der Waals surface area contributed by atoms with E-state index >= 15 is 0 Å². The van der Waals surface area contributed by atoms with Crippen LogP contribution in [-0.4, -0.2) is 27.8 Å². The van der Waals surface area contributed by atoms with Crippen LogP contribution in [0, 0.1) is 0 Å². The first-order valence-electron chi connectivity index (χ1n) is 11.9. The fourth-order valence-electron chi connectivity index (χ4n) is 5.16. The van der Waals surface area contributed by atoms with E-state index in [9.17, 15) is 19.2 Å². The lowest BCUT2D eigenvalue weighted by Gasteiger charge is -2.17. The highest BCUT2D eigenvalue weighted by Gasteiger charge is 2.28. The van der Waals surface area contributed by atoms with Crippen LogP contribution in [0.5, 0.6) is 0 Å². The molecule has 0 aliphatic heterocycles. The van der Waals surface area contributed by atoms with E-state index < -0.39 is 22.5 Å². The summed E-state index contributed by atoms with van der Waals surface area (Å²) in [4.78, 5) is 56.7. The molecule has 0 amide bonds. The summed E-state index contributed by atoms with van der Waals surface area (Å²) in [7, 11) is 5.97. The molecule has 0 saturated heterocycles. The Balaban J connectivity index is 1.88. The molecule has 190 valence electrons. The van der Waals surface area contributed by atoms with Crippen LogP contribution in [0.2, 0.25) is 0 Å². The molecule has 0 spiro atoms. The molecule has 10 heteroatoms. The third kappa shape index (κ3) is 3.13. The number of hydrogen-bond donors (Lipinski definition) is 1. The van der Waals surface area contributed by atoms with E-state index in [1.807, 2.05) is 42.5 Å². The van der Waals surface area contributed by atoms with Crippen LogP contribution in [0.3, 0.4) is 0 Å². The van der Waals surface area contributed by atoms with Crippen molar-refractivity contribution in [1.29, 1.82) is 0 Å². The molecule has 0 fully saturated rings. The zero-order valence-electron chi connectivity index (χ0n) is 21.2. The Bertz CT molecular complexity index is 2150. The second-order valence-electron chi connectivity index (χ2n) is 9.36. The van der Waals surface area contributed by atoms with E-state index in [2.05, 4.69) is 4.98 Å². The Morgan fingerprint density at radius 1 is 0.632 bits per heavy atom. The summed E-state index contributed by atoms with van der Waals surface area (Å²) in [6.07, 6.45) is 3.46. The van der Waals surface area contributed by atoms with Gasteiger partial charge in [-0.1, -0.05) is 36.4 Å². The molecule has 0 atom stereocenters. The molecule has 0 aliphatic carbocycles. The third-order valence-corrected chi connectivity index (χ3v) is 7.18. The van der Waals surface area contributed by atoms with Crippen molar-refractivity contribution in [2.45, 2.75) is 0 Å². The van der Waals surface area contributed by atoms with E-state index in [0.29, 0.717) is 17.1 Å². The van der Waals surface area contributed by atoms with Gasteiger partial charge in [0.15, 0.2) is 0 Å². The Morgan fingerprint density at radius 2 is 1.26 bits per heavy atom. The quantitative estimate of drug-likeness (QED) is 0.396. The molecule has 38 heavy (non-hydrogen) atoms. The summed E-state index contributed by atoms with van der Waals surface area (Å²) in [6, 6.07) is 17.3. The average Bonchev–Trinajstić information content (AvgIpc) is 3.60. The van der Waals surface area contributed by atoms with Crippen LogP contribution in [0.15, 0.2) is 86.2 Å². The molecule has 4 aromatic heterocycles. The molecule has 0 unspecified atom stereocenters. The van der Waals surface area contributed by atoms with Gasteiger partial charge in [0.05, 0.1) is 16.6 Å². The Hall–Kier alpha value is -5.12. The van der Waals surface area contributed by atoms with Gasteiger partial charge in [-0.25, -0.2) is 9.59 Å². The number of aryl methyl sites for hydroxylation is 1. The number of hydrogen-bond acceptors (Lipinski definition) is 4. The monoisotopic (exact) mass is 508 g/mol. The van der Waals surface area contributed by atoms with Crippen molar-refractivity contribution in [3.63, 3.8) is 0 Å². The van der Waals surface area contributed by atoms with Gasteiger partial charge in [0, 0.05) is 46.1 Å². The van der Waals surface area contributed by atoms with Crippen LogP contribution < -0.4 is 22.5 Å². The first-order chi connectivity index (χ1) is 18.2. The molecule has 2 aromatic carbocycles. The maximum Gasteiger partial charge on any atom is 0.332 e. The maximum atomic E-state index is 13.9. The number of rotatable bonds is 3. The lowest BCUT2D eigenvalue weighted by molar-refractivity contribution is 0.668. The van der Waals surface area contributed by atoms with Crippen molar-refractivity contribution in [2.24, 2.45) is 28.2 Å².